The lowest BCUT2D eigenvalue weighted by Gasteiger charge is -2.11. The lowest BCUT2D eigenvalue weighted by molar-refractivity contribution is 0.381. The van der Waals surface area contributed by atoms with Gasteiger partial charge in [0.15, 0.2) is 23.3 Å². The van der Waals surface area contributed by atoms with Crippen molar-refractivity contribution in [2.75, 3.05) is 11.9 Å². The summed E-state index contributed by atoms with van der Waals surface area (Å²) in [6.45, 7) is 4.24. The third-order valence-electron chi connectivity index (χ3n) is 2.72. The summed E-state index contributed by atoms with van der Waals surface area (Å²) in [6.07, 6.45) is 2.36. The number of anilines is 1. The van der Waals surface area contributed by atoms with E-state index in [0.29, 0.717) is 12.3 Å². The van der Waals surface area contributed by atoms with E-state index in [-0.39, 0.29) is 6.54 Å². The molecule has 0 unspecified atom stereocenters. The topological polar surface area (TPSA) is 12.0 Å². The minimum atomic E-state index is -2.14. The first-order chi connectivity index (χ1) is 8.86. The molecule has 6 heteroatoms. The van der Waals surface area contributed by atoms with Gasteiger partial charge in [0.2, 0.25) is 5.82 Å². The molecule has 0 fully saturated rings. The average molecular weight is 281 g/mol. The minimum Gasteiger partial charge on any atom is -0.380 e. The Bertz CT molecular complexity index is 416. The second kappa shape index (κ2) is 6.73. The fourth-order valence-electron chi connectivity index (χ4n) is 1.65. The molecule has 0 radical (unpaired) electrons. The zero-order valence-corrected chi connectivity index (χ0v) is 10.8. The first-order valence-electron chi connectivity index (χ1n) is 6.11. The molecule has 0 aliphatic rings. The van der Waals surface area contributed by atoms with Crippen LogP contribution in [0.3, 0.4) is 0 Å². The largest absolute Gasteiger partial charge is 0.380 e. The molecule has 1 N–H and O–H groups in total. The molecule has 0 bridgehead atoms. The Morgan fingerprint density at radius 1 is 0.789 bits per heavy atom. The zero-order chi connectivity index (χ0) is 14.6. The van der Waals surface area contributed by atoms with Crippen LogP contribution in [0.1, 0.15) is 33.1 Å². The number of hydrogen-bond acceptors (Lipinski definition) is 1. The van der Waals surface area contributed by atoms with Crippen LogP contribution in [0, 0.1) is 35.0 Å². The van der Waals surface area contributed by atoms with Gasteiger partial charge in [-0.1, -0.05) is 26.7 Å². The fourth-order valence-corrected chi connectivity index (χ4v) is 1.65. The van der Waals surface area contributed by atoms with Crippen LogP contribution in [0.4, 0.5) is 27.6 Å². The summed E-state index contributed by atoms with van der Waals surface area (Å²) in [5.41, 5.74) is -0.957. The van der Waals surface area contributed by atoms with Gasteiger partial charge in [0.05, 0.1) is 0 Å². The summed E-state index contributed by atoms with van der Waals surface area (Å²) in [7, 11) is 0. The number of rotatable bonds is 6. The van der Waals surface area contributed by atoms with Crippen molar-refractivity contribution in [3.63, 3.8) is 0 Å². The van der Waals surface area contributed by atoms with Gasteiger partial charge in [-0.3, -0.25) is 0 Å². The Hall–Kier alpha value is -1.33. The molecule has 0 saturated carbocycles. The highest BCUT2D eigenvalue weighted by Crippen LogP contribution is 2.27. The molecule has 1 aromatic carbocycles. The highest BCUT2D eigenvalue weighted by Gasteiger charge is 2.25. The lowest BCUT2D eigenvalue weighted by atomic mass is 10.1. The van der Waals surface area contributed by atoms with Crippen LogP contribution in [0.5, 0.6) is 0 Å². The standard InChI is InChI=1S/C13H16F5N/c1-7(2)5-3-4-6-19-13-11(17)9(15)8(14)10(16)12(13)18/h7,19H,3-6H2,1-2H3. The average Bonchev–Trinajstić information content (AvgIpc) is 2.37. The molecule has 0 spiro atoms. The van der Waals surface area contributed by atoms with Crippen molar-refractivity contribution in [1.82, 2.24) is 0 Å². The third-order valence-corrected chi connectivity index (χ3v) is 2.72. The van der Waals surface area contributed by atoms with Crippen LogP contribution in [-0.4, -0.2) is 6.54 Å². The number of benzene rings is 1. The molecule has 0 aliphatic carbocycles. The van der Waals surface area contributed by atoms with Gasteiger partial charge < -0.3 is 5.32 Å². The quantitative estimate of drug-likeness (QED) is 0.347. The highest BCUT2D eigenvalue weighted by molar-refractivity contribution is 5.47. The van der Waals surface area contributed by atoms with E-state index in [1.165, 1.54) is 0 Å². The first-order valence-corrected chi connectivity index (χ1v) is 6.11. The van der Waals surface area contributed by atoms with Crippen LogP contribution in [0.25, 0.3) is 0 Å². The smallest absolute Gasteiger partial charge is 0.200 e. The van der Waals surface area contributed by atoms with Crippen molar-refractivity contribution in [1.29, 1.82) is 0 Å². The predicted octanol–water partition coefficient (Wildman–Crippen LogP) is 4.62. The molecule has 0 aliphatic heterocycles. The van der Waals surface area contributed by atoms with E-state index in [1.807, 2.05) is 13.8 Å². The molecular weight excluding hydrogens is 265 g/mol. The van der Waals surface area contributed by atoms with Crippen molar-refractivity contribution in [2.45, 2.75) is 33.1 Å². The number of hydrogen-bond donors (Lipinski definition) is 1. The van der Waals surface area contributed by atoms with Crippen LogP contribution in [0.2, 0.25) is 0 Å². The molecule has 1 rings (SSSR count). The van der Waals surface area contributed by atoms with E-state index in [4.69, 9.17) is 0 Å². The maximum atomic E-state index is 13.3. The van der Waals surface area contributed by atoms with Gasteiger partial charge in [0.25, 0.3) is 0 Å². The number of halogens is 5. The minimum absolute atomic E-state index is 0.158. The normalized spacial score (nSPS) is 11.2. The van der Waals surface area contributed by atoms with Gasteiger partial charge in [-0.2, -0.15) is 0 Å². The van der Waals surface area contributed by atoms with E-state index in [9.17, 15) is 22.0 Å². The predicted molar refractivity (Wildman–Crippen MR) is 63.4 cm³/mol. The van der Waals surface area contributed by atoms with Gasteiger partial charge >= 0.3 is 0 Å². The monoisotopic (exact) mass is 281 g/mol. The zero-order valence-electron chi connectivity index (χ0n) is 10.8. The Labute approximate surface area is 108 Å². The summed E-state index contributed by atoms with van der Waals surface area (Å²) in [5, 5.41) is 2.27. The third kappa shape index (κ3) is 3.81. The van der Waals surface area contributed by atoms with E-state index in [0.717, 1.165) is 12.8 Å². The van der Waals surface area contributed by atoms with Gasteiger partial charge in [-0.15, -0.1) is 0 Å². The van der Waals surface area contributed by atoms with Gasteiger partial charge in [-0.25, -0.2) is 22.0 Å². The molecule has 0 saturated heterocycles. The van der Waals surface area contributed by atoms with Gasteiger partial charge in [0.1, 0.15) is 5.69 Å². The van der Waals surface area contributed by atoms with Crippen molar-refractivity contribution >= 4 is 5.69 Å². The molecule has 0 atom stereocenters. The van der Waals surface area contributed by atoms with Crippen LogP contribution >= 0.6 is 0 Å². The molecule has 0 heterocycles. The van der Waals surface area contributed by atoms with Crippen molar-refractivity contribution in [2.24, 2.45) is 5.92 Å². The van der Waals surface area contributed by atoms with Gasteiger partial charge in [0, 0.05) is 6.54 Å². The van der Waals surface area contributed by atoms with Crippen molar-refractivity contribution in [3.8, 4) is 0 Å². The Balaban J connectivity index is 2.69. The number of unbranched alkanes of at least 4 members (excludes halogenated alkanes) is 1. The molecular formula is C13H16F5N. The maximum absolute atomic E-state index is 13.3. The van der Waals surface area contributed by atoms with E-state index in [1.54, 1.807) is 0 Å². The van der Waals surface area contributed by atoms with Crippen LogP contribution in [0.15, 0.2) is 0 Å². The molecule has 1 nitrogen and oxygen atoms in total. The van der Waals surface area contributed by atoms with E-state index in [2.05, 4.69) is 5.32 Å². The fraction of sp³-hybridized carbons (Fsp3) is 0.538. The Kier molecular flexibility index (Phi) is 5.57. The second-order valence-corrected chi connectivity index (χ2v) is 4.76. The summed E-state index contributed by atoms with van der Waals surface area (Å²) in [6, 6.07) is 0. The first kappa shape index (κ1) is 15.7. The highest BCUT2D eigenvalue weighted by atomic mass is 19.2. The Morgan fingerprint density at radius 3 is 1.74 bits per heavy atom. The summed E-state index contributed by atoms with van der Waals surface area (Å²) < 4.78 is 65.1. The summed E-state index contributed by atoms with van der Waals surface area (Å²) >= 11 is 0. The number of nitrogens with one attached hydrogen (secondary N) is 1. The van der Waals surface area contributed by atoms with E-state index < -0.39 is 34.8 Å². The molecule has 0 amide bonds. The van der Waals surface area contributed by atoms with Crippen LogP contribution in [-0.2, 0) is 0 Å². The molecule has 19 heavy (non-hydrogen) atoms. The summed E-state index contributed by atoms with van der Waals surface area (Å²) in [5.74, 6) is -9.12. The molecule has 0 aromatic heterocycles. The summed E-state index contributed by atoms with van der Waals surface area (Å²) in [4.78, 5) is 0. The molecule has 1 aromatic rings. The van der Waals surface area contributed by atoms with Crippen molar-refractivity contribution in [3.05, 3.63) is 29.1 Å². The van der Waals surface area contributed by atoms with Crippen molar-refractivity contribution < 1.29 is 22.0 Å². The molecule has 108 valence electrons. The van der Waals surface area contributed by atoms with E-state index >= 15 is 0 Å². The lowest BCUT2D eigenvalue weighted by Crippen LogP contribution is -2.11. The van der Waals surface area contributed by atoms with Gasteiger partial charge in [-0.05, 0) is 12.3 Å². The second-order valence-electron chi connectivity index (χ2n) is 4.76. The SMILES string of the molecule is CC(C)CCCCNc1c(F)c(F)c(F)c(F)c1F. The maximum Gasteiger partial charge on any atom is 0.200 e. The Morgan fingerprint density at radius 2 is 1.26 bits per heavy atom. The van der Waals surface area contributed by atoms with Crippen LogP contribution < -0.4 is 5.32 Å².